The van der Waals surface area contributed by atoms with Gasteiger partial charge in [0.2, 0.25) is 0 Å². The summed E-state index contributed by atoms with van der Waals surface area (Å²) in [6.45, 7) is 0.247. The van der Waals surface area contributed by atoms with Crippen molar-refractivity contribution in [1.29, 1.82) is 0 Å². The fourth-order valence-corrected chi connectivity index (χ4v) is 2.08. The third-order valence-electron chi connectivity index (χ3n) is 2.26. The zero-order chi connectivity index (χ0) is 14.5. The van der Waals surface area contributed by atoms with Gasteiger partial charge in [0.25, 0.3) is 5.91 Å². The quantitative estimate of drug-likeness (QED) is 0.489. The minimum Gasteiger partial charge on any atom is -0.508 e. The van der Waals surface area contributed by atoms with E-state index >= 15 is 0 Å². The highest BCUT2D eigenvalue weighted by Crippen LogP contribution is 2.24. The minimum absolute atomic E-state index is 0.0326. The summed E-state index contributed by atoms with van der Waals surface area (Å²) < 4.78 is 0. The molecule has 7 heteroatoms. The molecule has 0 atom stereocenters. The standard InChI is InChI=1S/C13H11N3O3S/c14-5-1-2-9-7-15-13(20-9)16-12(19)10-6-8(17)3-4-11(10)18/h3-4,6-7,17-18H,5,14H2,(H,15,16,19). The first-order valence-corrected chi connectivity index (χ1v) is 6.40. The lowest BCUT2D eigenvalue weighted by molar-refractivity contribution is 0.102. The van der Waals surface area contributed by atoms with E-state index in [1.807, 2.05) is 0 Å². The predicted molar refractivity (Wildman–Crippen MR) is 75.8 cm³/mol. The SMILES string of the molecule is NCC#Cc1cnc(NC(=O)c2cc(O)ccc2O)s1. The van der Waals surface area contributed by atoms with Gasteiger partial charge in [0, 0.05) is 0 Å². The van der Waals surface area contributed by atoms with E-state index in [1.165, 1.54) is 35.7 Å². The van der Waals surface area contributed by atoms with Crippen LogP contribution in [0.15, 0.2) is 24.4 Å². The van der Waals surface area contributed by atoms with Crippen molar-refractivity contribution in [2.24, 2.45) is 5.73 Å². The lowest BCUT2D eigenvalue weighted by atomic mass is 10.2. The summed E-state index contributed by atoms with van der Waals surface area (Å²) in [4.78, 5) is 16.6. The van der Waals surface area contributed by atoms with Gasteiger partial charge in [-0.1, -0.05) is 23.2 Å². The van der Waals surface area contributed by atoms with Crippen LogP contribution in [0.5, 0.6) is 11.5 Å². The number of hydrogen-bond acceptors (Lipinski definition) is 6. The summed E-state index contributed by atoms with van der Waals surface area (Å²) in [6.07, 6.45) is 1.52. The van der Waals surface area contributed by atoms with Crippen molar-refractivity contribution in [2.75, 3.05) is 11.9 Å². The molecule has 1 aromatic heterocycles. The minimum atomic E-state index is -0.564. The van der Waals surface area contributed by atoms with Crippen LogP contribution in [-0.4, -0.2) is 27.6 Å². The largest absolute Gasteiger partial charge is 0.508 e. The van der Waals surface area contributed by atoms with Crippen LogP contribution in [0.3, 0.4) is 0 Å². The number of phenolic OH excluding ortho intramolecular Hbond substituents is 2. The number of aromatic hydroxyl groups is 2. The lowest BCUT2D eigenvalue weighted by Gasteiger charge is -2.04. The summed E-state index contributed by atoms with van der Waals surface area (Å²) >= 11 is 1.19. The fourth-order valence-electron chi connectivity index (χ4n) is 1.40. The number of thiazole rings is 1. The molecule has 0 spiro atoms. The van der Waals surface area contributed by atoms with Crippen molar-refractivity contribution >= 4 is 22.4 Å². The Balaban J connectivity index is 2.15. The molecule has 0 unspecified atom stereocenters. The van der Waals surface area contributed by atoms with Gasteiger partial charge in [-0.2, -0.15) is 0 Å². The van der Waals surface area contributed by atoms with Crippen molar-refractivity contribution in [2.45, 2.75) is 0 Å². The Morgan fingerprint density at radius 3 is 3.00 bits per heavy atom. The van der Waals surface area contributed by atoms with E-state index in [-0.39, 0.29) is 23.6 Å². The molecule has 1 amide bonds. The number of hydrogen-bond donors (Lipinski definition) is 4. The number of aromatic nitrogens is 1. The molecule has 20 heavy (non-hydrogen) atoms. The third-order valence-corrected chi connectivity index (χ3v) is 3.09. The summed E-state index contributed by atoms with van der Waals surface area (Å²) in [7, 11) is 0. The van der Waals surface area contributed by atoms with E-state index in [4.69, 9.17) is 5.73 Å². The van der Waals surface area contributed by atoms with Crippen LogP contribution in [0.25, 0.3) is 0 Å². The van der Waals surface area contributed by atoms with Gasteiger partial charge in [-0.05, 0) is 18.2 Å². The summed E-state index contributed by atoms with van der Waals surface area (Å²) in [5.41, 5.74) is 5.23. The van der Waals surface area contributed by atoms with Crippen molar-refractivity contribution in [3.63, 3.8) is 0 Å². The average Bonchev–Trinajstić information content (AvgIpc) is 2.86. The van der Waals surface area contributed by atoms with Gasteiger partial charge in [0.1, 0.15) is 11.5 Å². The maximum atomic E-state index is 11.9. The zero-order valence-electron chi connectivity index (χ0n) is 10.3. The molecule has 5 N–H and O–H groups in total. The topological polar surface area (TPSA) is 108 Å². The Kier molecular flexibility index (Phi) is 4.20. The van der Waals surface area contributed by atoms with Crippen molar-refractivity contribution in [1.82, 2.24) is 4.98 Å². The second-order valence-electron chi connectivity index (χ2n) is 3.69. The molecule has 0 aliphatic heterocycles. The number of benzene rings is 1. The number of nitrogens with zero attached hydrogens (tertiary/aromatic N) is 1. The van der Waals surface area contributed by atoms with Crippen LogP contribution in [0.1, 0.15) is 15.2 Å². The number of phenols is 2. The second kappa shape index (κ2) is 6.06. The average molecular weight is 289 g/mol. The molecule has 1 aromatic carbocycles. The normalized spacial score (nSPS) is 9.65. The van der Waals surface area contributed by atoms with Crippen molar-refractivity contribution in [3.05, 3.63) is 34.8 Å². The highest BCUT2D eigenvalue weighted by molar-refractivity contribution is 7.16. The van der Waals surface area contributed by atoms with E-state index in [0.717, 1.165) is 0 Å². The Labute approximate surface area is 118 Å². The molecule has 0 fully saturated rings. The molecule has 102 valence electrons. The number of rotatable bonds is 2. The van der Waals surface area contributed by atoms with Crippen LogP contribution < -0.4 is 11.1 Å². The number of nitrogens with two attached hydrogens (primary N) is 1. The van der Waals surface area contributed by atoms with E-state index < -0.39 is 5.91 Å². The van der Waals surface area contributed by atoms with Crippen LogP contribution >= 0.6 is 11.3 Å². The van der Waals surface area contributed by atoms with Crippen LogP contribution in [0, 0.1) is 11.8 Å². The number of anilines is 1. The summed E-state index contributed by atoms with van der Waals surface area (Å²) in [5, 5.41) is 21.8. The third kappa shape index (κ3) is 3.26. The molecular weight excluding hydrogens is 278 g/mol. The van der Waals surface area contributed by atoms with Gasteiger partial charge >= 0.3 is 0 Å². The molecule has 6 nitrogen and oxygen atoms in total. The molecule has 0 aliphatic rings. The molecular formula is C13H11N3O3S. The Hall–Kier alpha value is -2.56. The molecule has 0 saturated carbocycles. The number of nitrogens with one attached hydrogen (secondary N) is 1. The highest BCUT2D eigenvalue weighted by atomic mass is 32.1. The Bertz CT molecular complexity index is 700. The van der Waals surface area contributed by atoms with Gasteiger partial charge < -0.3 is 15.9 Å². The lowest BCUT2D eigenvalue weighted by Crippen LogP contribution is -2.11. The van der Waals surface area contributed by atoms with Gasteiger partial charge in [-0.3, -0.25) is 10.1 Å². The molecule has 0 radical (unpaired) electrons. The molecule has 0 bridgehead atoms. The van der Waals surface area contributed by atoms with Gasteiger partial charge in [0.15, 0.2) is 5.13 Å². The number of carbonyl (C=O) groups excluding carboxylic acids is 1. The first kappa shape index (κ1) is 13.9. The summed E-state index contributed by atoms with van der Waals surface area (Å²) in [6, 6.07) is 3.70. The van der Waals surface area contributed by atoms with Gasteiger partial charge in [0.05, 0.1) is 23.2 Å². The van der Waals surface area contributed by atoms with E-state index in [9.17, 15) is 15.0 Å². The van der Waals surface area contributed by atoms with Crippen molar-refractivity contribution in [3.8, 4) is 23.3 Å². The fraction of sp³-hybridized carbons (Fsp3) is 0.0769. The van der Waals surface area contributed by atoms with E-state index in [1.54, 1.807) is 0 Å². The second-order valence-corrected chi connectivity index (χ2v) is 4.72. The Morgan fingerprint density at radius 1 is 1.45 bits per heavy atom. The maximum absolute atomic E-state index is 11.9. The smallest absolute Gasteiger partial charge is 0.261 e. The molecule has 1 heterocycles. The van der Waals surface area contributed by atoms with Crippen LogP contribution in [0.2, 0.25) is 0 Å². The molecule has 2 rings (SSSR count). The Morgan fingerprint density at radius 2 is 2.25 bits per heavy atom. The van der Waals surface area contributed by atoms with E-state index in [0.29, 0.717) is 10.0 Å². The zero-order valence-corrected chi connectivity index (χ0v) is 11.1. The van der Waals surface area contributed by atoms with E-state index in [2.05, 4.69) is 22.1 Å². The molecule has 0 aliphatic carbocycles. The van der Waals surface area contributed by atoms with Crippen LogP contribution in [0.4, 0.5) is 5.13 Å². The molecule has 0 saturated heterocycles. The first-order valence-electron chi connectivity index (χ1n) is 5.58. The van der Waals surface area contributed by atoms with Gasteiger partial charge in [-0.25, -0.2) is 4.98 Å². The number of carbonyl (C=O) groups is 1. The van der Waals surface area contributed by atoms with Crippen molar-refractivity contribution < 1.29 is 15.0 Å². The number of amides is 1. The maximum Gasteiger partial charge on any atom is 0.261 e. The highest BCUT2D eigenvalue weighted by Gasteiger charge is 2.13. The summed E-state index contributed by atoms with van der Waals surface area (Å²) in [5.74, 6) is 4.58. The monoisotopic (exact) mass is 289 g/mol. The predicted octanol–water partition coefficient (Wildman–Crippen LogP) is 1.12. The molecule has 2 aromatic rings. The van der Waals surface area contributed by atoms with Crippen LogP contribution in [-0.2, 0) is 0 Å². The van der Waals surface area contributed by atoms with Gasteiger partial charge in [-0.15, -0.1) is 0 Å². The first-order chi connectivity index (χ1) is 9.60.